The van der Waals surface area contributed by atoms with Crippen LogP contribution in [-0.4, -0.2) is 29.3 Å². The van der Waals surface area contributed by atoms with E-state index in [0.29, 0.717) is 40.8 Å². The molecule has 0 saturated heterocycles. The van der Waals surface area contributed by atoms with Crippen molar-refractivity contribution in [3.05, 3.63) is 59.2 Å². The number of carbonyl (C=O) groups is 2. The number of aryl methyl sites for hydroxylation is 1. The van der Waals surface area contributed by atoms with Crippen molar-refractivity contribution in [2.24, 2.45) is 11.7 Å². The molecular weight excluding hydrogens is 390 g/mol. The van der Waals surface area contributed by atoms with Crippen LogP contribution in [0.4, 0.5) is 17.3 Å². The molecule has 1 amide bonds. The minimum absolute atomic E-state index is 0.141. The Labute approximate surface area is 182 Å². The lowest BCUT2D eigenvalue weighted by Crippen LogP contribution is -2.37. The van der Waals surface area contributed by atoms with E-state index in [-0.39, 0.29) is 24.3 Å². The van der Waals surface area contributed by atoms with Gasteiger partial charge in [-0.05, 0) is 49.5 Å². The summed E-state index contributed by atoms with van der Waals surface area (Å²) in [6.45, 7) is 6.56. The van der Waals surface area contributed by atoms with Gasteiger partial charge in [-0.15, -0.1) is 0 Å². The standard InChI is InChI=1S/C24H29N5O2/c1-3-19(30)20-17-13-27-24(31)21(17)23(28-16-9-6-7-14(2)11-16)29-22(20)26-12-15-8-4-5-10-18(15)25/h3,6-7,9,11,15,18H,1,4-5,8,10,12-13,25H2,2H3,(H,27,31)(H2,26,28,29)/t15?,18-/m0/s1. The number of hydrogen-bond acceptors (Lipinski definition) is 6. The summed E-state index contributed by atoms with van der Waals surface area (Å²) in [7, 11) is 0. The molecule has 5 N–H and O–H groups in total. The number of benzene rings is 1. The lowest BCUT2D eigenvalue weighted by Gasteiger charge is -2.29. The third-order valence-corrected chi connectivity index (χ3v) is 6.17. The third kappa shape index (κ3) is 4.32. The summed E-state index contributed by atoms with van der Waals surface area (Å²) in [5.41, 5.74) is 9.70. The molecule has 0 radical (unpaired) electrons. The summed E-state index contributed by atoms with van der Waals surface area (Å²) in [6, 6.07) is 7.99. The monoisotopic (exact) mass is 419 g/mol. The summed E-state index contributed by atoms with van der Waals surface area (Å²) < 4.78 is 0. The van der Waals surface area contributed by atoms with Gasteiger partial charge in [0.1, 0.15) is 11.6 Å². The second-order valence-electron chi connectivity index (χ2n) is 8.37. The Morgan fingerprint density at radius 3 is 2.87 bits per heavy atom. The molecule has 7 heteroatoms. The van der Waals surface area contributed by atoms with Gasteiger partial charge in [-0.2, -0.15) is 0 Å². The number of aromatic nitrogens is 1. The average Bonchev–Trinajstić information content (AvgIpc) is 3.14. The largest absolute Gasteiger partial charge is 0.369 e. The molecule has 1 aromatic heterocycles. The minimum atomic E-state index is -0.252. The number of nitrogens with zero attached hydrogens (tertiary/aromatic N) is 1. The van der Waals surface area contributed by atoms with E-state index in [9.17, 15) is 9.59 Å². The fourth-order valence-corrected chi connectivity index (χ4v) is 4.48. The van der Waals surface area contributed by atoms with Crippen molar-refractivity contribution in [1.82, 2.24) is 10.3 Å². The topological polar surface area (TPSA) is 109 Å². The SMILES string of the molecule is C=CC(=O)c1c(NCC2CCCC[C@@H]2N)nc(Nc2cccc(C)c2)c2c1CNC2=O. The molecule has 31 heavy (non-hydrogen) atoms. The lowest BCUT2D eigenvalue weighted by molar-refractivity contribution is 0.0965. The minimum Gasteiger partial charge on any atom is -0.369 e. The van der Waals surface area contributed by atoms with E-state index in [1.807, 2.05) is 31.2 Å². The van der Waals surface area contributed by atoms with Crippen LogP contribution < -0.4 is 21.7 Å². The second kappa shape index (κ2) is 8.89. The highest BCUT2D eigenvalue weighted by atomic mass is 16.2. The van der Waals surface area contributed by atoms with Crippen LogP contribution in [0.3, 0.4) is 0 Å². The highest BCUT2D eigenvalue weighted by Gasteiger charge is 2.32. The maximum atomic E-state index is 12.7. The molecule has 1 saturated carbocycles. The molecule has 162 valence electrons. The first-order valence-corrected chi connectivity index (χ1v) is 10.8. The molecule has 1 aromatic carbocycles. The summed E-state index contributed by atoms with van der Waals surface area (Å²) in [5, 5.41) is 9.47. The molecule has 2 aliphatic rings. The van der Waals surface area contributed by atoms with Crippen molar-refractivity contribution in [2.45, 2.75) is 45.2 Å². The normalized spacial score (nSPS) is 20.0. The smallest absolute Gasteiger partial charge is 0.255 e. The highest BCUT2D eigenvalue weighted by Crippen LogP contribution is 2.34. The Hall–Kier alpha value is -3.19. The van der Waals surface area contributed by atoms with E-state index in [4.69, 9.17) is 10.7 Å². The zero-order chi connectivity index (χ0) is 22.0. The van der Waals surface area contributed by atoms with Crippen LogP contribution in [0.25, 0.3) is 0 Å². The zero-order valence-corrected chi connectivity index (χ0v) is 17.8. The number of anilines is 3. The Morgan fingerprint density at radius 2 is 2.13 bits per heavy atom. The van der Waals surface area contributed by atoms with Gasteiger partial charge in [-0.25, -0.2) is 4.98 Å². The van der Waals surface area contributed by atoms with Crippen molar-refractivity contribution in [2.75, 3.05) is 17.2 Å². The first-order valence-electron chi connectivity index (χ1n) is 10.8. The van der Waals surface area contributed by atoms with Crippen LogP contribution in [0.5, 0.6) is 0 Å². The van der Waals surface area contributed by atoms with E-state index >= 15 is 0 Å². The Kier molecular flexibility index (Phi) is 6.04. The molecule has 4 rings (SSSR count). The first kappa shape index (κ1) is 21.1. The number of carbonyl (C=O) groups excluding carboxylic acids is 2. The molecule has 2 atom stereocenters. The molecule has 0 spiro atoms. The van der Waals surface area contributed by atoms with Crippen molar-refractivity contribution in [3.8, 4) is 0 Å². The van der Waals surface area contributed by atoms with Crippen molar-refractivity contribution in [3.63, 3.8) is 0 Å². The number of ketones is 1. The number of amides is 1. The third-order valence-electron chi connectivity index (χ3n) is 6.17. The Balaban J connectivity index is 1.74. The van der Waals surface area contributed by atoms with Crippen LogP contribution in [0.1, 0.15) is 57.5 Å². The lowest BCUT2D eigenvalue weighted by atomic mass is 9.85. The number of nitrogens with two attached hydrogens (primary N) is 1. The van der Waals surface area contributed by atoms with Crippen molar-refractivity contribution >= 4 is 29.0 Å². The number of rotatable bonds is 7. The number of pyridine rings is 1. The second-order valence-corrected chi connectivity index (χ2v) is 8.37. The number of fused-ring (bicyclic) bond motifs is 1. The van der Waals surface area contributed by atoms with Gasteiger partial charge in [0.15, 0.2) is 5.78 Å². The van der Waals surface area contributed by atoms with E-state index in [1.165, 1.54) is 6.08 Å². The van der Waals surface area contributed by atoms with E-state index in [2.05, 4.69) is 22.5 Å². The summed E-state index contributed by atoms with van der Waals surface area (Å²) in [4.78, 5) is 30.1. The zero-order valence-electron chi connectivity index (χ0n) is 17.8. The van der Waals surface area contributed by atoms with Gasteiger partial charge in [0, 0.05) is 30.4 Å². The van der Waals surface area contributed by atoms with Crippen LogP contribution in [0, 0.1) is 12.8 Å². The van der Waals surface area contributed by atoms with E-state index < -0.39 is 0 Å². The molecule has 1 aliphatic heterocycles. The molecule has 0 bridgehead atoms. The van der Waals surface area contributed by atoms with Gasteiger partial charge in [0.2, 0.25) is 0 Å². The molecule has 1 aliphatic carbocycles. The van der Waals surface area contributed by atoms with Crippen LogP contribution in [0.2, 0.25) is 0 Å². The van der Waals surface area contributed by atoms with Crippen LogP contribution in [-0.2, 0) is 6.54 Å². The van der Waals surface area contributed by atoms with Gasteiger partial charge in [-0.1, -0.05) is 31.6 Å². The van der Waals surface area contributed by atoms with Gasteiger partial charge in [0.25, 0.3) is 5.91 Å². The number of allylic oxidation sites excluding steroid dienone is 1. The predicted octanol–water partition coefficient (Wildman–Crippen LogP) is 3.68. The molecule has 1 fully saturated rings. The molecule has 1 unspecified atom stereocenters. The fourth-order valence-electron chi connectivity index (χ4n) is 4.48. The first-order chi connectivity index (χ1) is 15.0. The van der Waals surface area contributed by atoms with Crippen molar-refractivity contribution in [1.29, 1.82) is 0 Å². The summed E-state index contributed by atoms with van der Waals surface area (Å²) >= 11 is 0. The number of nitrogens with one attached hydrogen (secondary N) is 3. The molecule has 7 nitrogen and oxygen atoms in total. The van der Waals surface area contributed by atoms with E-state index in [0.717, 1.165) is 36.9 Å². The van der Waals surface area contributed by atoms with Gasteiger partial charge in [-0.3, -0.25) is 9.59 Å². The molecule has 2 aromatic rings. The van der Waals surface area contributed by atoms with Gasteiger partial charge in [0.05, 0.1) is 11.1 Å². The average molecular weight is 420 g/mol. The predicted molar refractivity (Wildman–Crippen MR) is 123 cm³/mol. The molecular formula is C24H29N5O2. The van der Waals surface area contributed by atoms with Gasteiger partial charge < -0.3 is 21.7 Å². The Bertz CT molecular complexity index is 1030. The van der Waals surface area contributed by atoms with E-state index in [1.54, 1.807) is 0 Å². The fraction of sp³-hybridized carbons (Fsp3) is 0.375. The quantitative estimate of drug-likeness (QED) is 0.403. The van der Waals surface area contributed by atoms with Crippen LogP contribution >= 0.6 is 0 Å². The highest BCUT2D eigenvalue weighted by molar-refractivity contribution is 6.14. The van der Waals surface area contributed by atoms with Gasteiger partial charge >= 0.3 is 0 Å². The number of hydrogen-bond donors (Lipinski definition) is 4. The maximum absolute atomic E-state index is 12.7. The summed E-state index contributed by atoms with van der Waals surface area (Å²) in [6.07, 6.45) is 5.66. The van der Waals surface area contributed by atoms with Crippen LogP contribution in [0.15, 0.2) is 36.9 Å². The van der Waals surface area contributed by atoms with Crippen molar-refractivity contribution < 1.29 is 9.59 Å². The summed E-state index contributed by atoms with van der Waals surface area (Å²) in [5.74, 6) is 0.734. The maximum Gasteiger partial charge on any atom is 0.255 e. The Morgan fingerprint density at radius 1 is 1.32 bits per heavy atom. The molecule has 2 heterocycles.